The number of alkyl halides is 3. The number of aromatic carboxylic acids is 1. The van der Waals surface area contributed by atoms with Crippen molar-refractivity contribution < 1.29 is 27.9 Å². The van der Waals surface area contributed by atoms with Gasteiger partial charge in [-0.15, -0.1) is 11.3 Å². The summed E-state index contributed by atoms with van der Waals surface area (Å²) in [5.74, 6) is -1.20. The molecule has 1 heterocycles. The SMILES string of the molecule is CCCN(CC(F)(F)F)C(=O)NCc1nc(C(=O)O)cs1. The number of thiazole rings is 1. The van der Waals surface area contributed by atoms with Gasteiger partial charge >= 0.3 is 18.2 Å². The third kappa shape index (κ3) is 5.98. The summed E-state index contributed by atoms with van der Waals surface area (Å²) in [7, 11) is 0. The summed E-state index contributed by atoms with van der Waals surface area (Å²) >= 11 is 1.01. The van der Waals surface area contributed by atoms with Crippen LogP contribution in [0.4, 0.5) is 18.0 Å². The number of carbonyl (C=O) groups excluding carboxylic acids is 1. The fourth-order valence-electron chi connectivity index (χ4n) is 1.49. The molecule has 0 aliphatic carbocycles. The lowest BCUT2D eigenvalue weighted by molar-refractivity contribution is -0.140. The lowest BCUT2D eigenvalue weighted by Crippen LogP contribution is -2.44. The molecule has 0 bridgehead atoms. The van der Waals surface area contributed by atoms with Crippen LogP contribution in [-0.4, -0.2) is 46.3 Å². The summed E-state index contributed by atoms with van der Waals surface area (Å²) < 4.78 is 37.0. The first kappa shape index (κ1) is 17.2. The van der Waals surface area contributed by atoms with Crippen molar-refractivity contribution in [2.75, 3.05) is 13.1 Å². The molecule has 10 heteroatoms. The lowest BCUT2D eigenvalue weighted by Gasteiger charge is -2.23. The van der Waals surface area contributed by atoms with Gasteiger partial charge < -0.3 is 15.3 Å². The molecular weight excluding hydrogens is 311 g/mol. The van der Waals surface area contributed by atoms with E-state index < -0.39 is 24.7 Å². The molecule has 0 saturated carbocycles. The van der Waals surface area contributed by atoms with Crippen LogP contribution in [-0.2, 0) is 6.54 Å². The first-order valence-corrected chi connectivity index (χ1v) is 6.88. The van der Waals surface area contributed by atoms with E-state index in [1.165, 1.54) is 5.38 Å². The molecule has 118 valence electrons. The molecule has 0 fully saturated rings. The molecule has 0 spiro atoms. The zero-order valence-electron chi connectivity index (χ0n) is 11.1. The quantitative estimate of drug-likeness (QED) is 0.841. The first-order valence-electron chi connectivity index (χ1n) is 6.00. The van der Waals surface area contributed by atoms with Crippen LogP contribution in [0.25, 0.3) is 0 Å². The van der Waals surface area contributed by atoms with Crippen molar-refractivity contribution in [3.8, 4) is 0 Å². The van der Waals surface area contributed by atoms with Gasteiger partial charge in [-0.3, -0.25) is 0 Å². The average Bonchev–Trinajstić information content (AvgIpc) is 2.82. The van der Waals surface area contributed by atoms with E-state index in [9.17, 15) is 22.8 Å². The Bertz CT molecular complexity index is 504. The van der Waals surface area contributed by atoms with Crippen molar-refractivity contribution in [3.05, 3.63) is 16.1 Å². The number of carbonyl (C=O) groups is 2. The third-order valence-electron chi connectivity index (χ3n) is 2.31. The molecular formula is C11H14F3N3O3S. The normalized spacial score (nSPS) is 11.2. The Balaban J connectivity index is 2.58. The number of carboxylic acids is 1. The average molecular weight is 325 g/mol. The van der Waals surface area contributed by atoms with E-state index in [-0.39, 0.29) is 18.8 Å². The predicted molar refractivity (Wildman–Crippen MR) is 69.2 cm³/mol. The van der Waals surface area contributed by atoms with E-state index in [2.05, 4.69) is 10.3 Å². The number of carboxylic acid groups (broad SMARTS) is 1. The van der Waals surface area contributed by atoms with Crippen LogP contribution in [0.2, 0.25) is 0 Å². The van der Waals surface area contributed by atoms with Gasteiger partial charge in [-0.1, -0.05) is 6.92 Å². The molecule has 1 rings (SSSR count). The van der Waals surface area contributed by atoms with Crippen LogP contribution >= 0.6 is 11.3 Å². The van der Waals surface area contributed by atoms with Gasteiger partial charge in [0.2, 0.25) is 0 Å². The van der Waals surface area contributed by atoms with Gasteiger partial charge in [-0.25, -0.2) is 14.6 Å². The maximum atomic E-state index is 12.3. The number of aromatic nitrogens is 1. The minimum atomic E-state index is -4.47. The van der Waals surface area contributed by atoms with E-state index in [0.717, 1.165) is 11.3 Å². The van der Waals surface area contributed by atoms with Crippen LogP contribution < -0.4 is 5.32 Å². The predicted octanol–water partition coefficient (Wildman–Crippen LogP) is 2.33. The largest absolute Gasteiger partial charge is 0.476 e. The third-order valence-corrected chi connectivity index (χ3v) is 3.16. The van der Waals surface area contributed by atoms with Crippen LogP contribution in [0.15, 0.2) is 5.38 Å². The van der Waals surface area contributed by atoms with Crippen LogP contribution in [0.1, 0.15) is 28.8 Å². The summed E-state index contributed by atoms with van der Waals surface area (Å²) in [6.07, 6.45) is -4.08. The summed E-state index contributed by atoms with van der Waals surface area (Å²) in [6, 6.07) is -0.860. The van der Waals surface area contributed by atoms with Gasteiger partial charge in [-0.05, 0) is 6.42 Å². The van der Waals surface area contributed by atoms with Crippen molar-refractivity contribution in [1.29, 1.82) is 0 Å². The van der Waals surface area contributed by atoms with Gasteiger partial charge in [0.05, 0.1) is 6.54 Å². The summed E-state index contributed by atoms with van der Waals surface area (Å²) in [5, 5.41) is 12.6. The monoisotopic (exact) mass is 325 g/mol. The van der Waals surface area contributed by atoms with Gasteiger partial charge in [-0.2, -0.15) is 13.2 Å². The molecule has 0 unspecified atom stereocenters. The van der Waals surface area contributed by atoms with Gasteiger partial charge in [0.25, 0.3) is 0 Å². The minimum Gasteiger partial charge on any atom is -0.476 e. The van der Waals surface area contributed by atoms with Crippen molar-refractivity contribution in [2.45, 2.75) is 26.1 Å². The Labute approximate surface area is 122 Å². The Morgan fingerprint density at radius 1 is 1.48 bits per heavy atom. The van der Waals surface area contributed by atoms with E-state index in [1.54, 1.807) is 6.92 Å². The van der Waals surface area contributed by atoms with Crippen molar-refractivity contribution >= 4 is 23.3 Å². The number of nitrogens with one attached hydrogen (secondary N) is 1. The molecule has 1 aromatic rings. The molecule has 2 amide bonds. The molecule has 0 saturated heterocycles. The smallest absolute Gasteiger partial charge is 0.406 e. The van der Waals surface area contributed by atoms with Gasteiger partial charge in [0, 0.05) is 11.9 Å². The number of halogens is 3. The van der Waals surface area contributed by atoms with Crippen LogP contribution in [0.5, 0.6) is 0 Å². The molecule has 0 aromatic carbocycles. The van der Waals surface area contributed by atoms with E-state index in [0.29, 0.717) is 16.3 Å². The molecule has 0 aliphatic rings. The molecule has 1 aromatic heterocycles. The maximum absolute atomic E-state index is 12.3. The second-order valence-corrected chi connectivity index (χ2v) is 5.07. The lowest BCUT2D eigenvalue weighted by atomic mass is 10.4. The number of amides is 2. The molecule has 0 aliphatic heterocycles. The molecule has 0 atom stereocenters. The fourth-order valence-corrected chi connectivity index (χ4v) is 2.20. The van der Waals surface area contributed by atoms with E-state index >= 15 is 0 Å². The standard InChI is InChI=1S/C11H14F3N3O3S/c1-2-3-17(6-11(12,13)14)10(20)15-4-8-16-7(5-21-8)9(18)19/h5H,2-4,6H2,1H3,(H,15,20)(H,18,19). The van der Waals surface area contributed by atoms with Crippen molar-refractivity contribution in [3.63, 3.8) is 0 Å². The van der Waals surface area contributed by atoms with Crippen LogP contribution in [0.3, 0.4) is 0 Å². The fraction of sp³-hybridized carbons (Fsp3) is 0.545. The highest BCUT2D eigenvalue weighted by atomic mass is 32.1. The van der Waals surface area contributed by atoms with Crippen molar-refractivity contribution in [2.24, 2.45) is 0 Å². The second-order valence-electron chi connectivity index (χ2n) is 4.13. The number of urea groups is 1. The minimum absolute atomic E-state index is 0.0242. The highest BCUT2D eigenvalue weighted by Crippen LogP contribution is 2.17. The molecule has 0 radical (unpaired) electrons. The van der Waals surface area contributed by atoms with Gasteiger partial charge in [0.15, 0.2) is 5.69 Å². The highest BCUT2D eigenvalue weighted by Gasteiger charge is 2.32. The van der Waals surface area contributed by atoms with Crippen LogP contribution in [0, 0.1) is 0 Å². The summed E-state index contributed by atoms with van der Waals surface area (Å²) in [5.41, 5.74) is -0.162. The Morgan fingerprint density at radius 3 is 2.62 bits per heavy atom. The van der Waals surface area contributed by atoms with E-state index in [1.807, 2.05) is 0 Å². The number of hydrogen-bond donors (Lipinski definition) is 2. The topological polar surface area (TPSA) is 82.5 Å². The zero-order chi connectivity index (χ0) is 16.0. The first-order chi connectivity index (χ1) is 9.73. The molecule has 21 heavy (non-hydrogen) atoms. The zero-order valence-corrected chi connectivity index (χ0v) is 11.9. The highest BCUT2D eigenvalue weighted by molar-refractivity contribution is 7.09. The maximum Gasteiger partial charge on any atom is 0.406 e. The second kappa shape index (κ2) is 7.25. The van der Waals surface area contributed by atoms with Gasteiger partial charge in [0.1, 0.15) is 11.6 Å². The Hall–Kier alpha value is -1.84. The Kier molecular flexibility index (Phi) is 5.94. The van der Waals surface area contributed by atoms with E-state index in [4.69, 9.17) is 5.11 Å². The number of hydrogen-bond acceptors (Lipinski definition) is 4. The summed E-state index contributed by atoms with van der Waals surface area (Å²) in [4.78, 5) is 26.7. The van der Waals surface area contributed by atoms with Crippen molar-refractivity contribution in [1.82, 2.24) is 15.2 Å². The number of rotatable bonds is 6. The summed E-state index contributed by atoms with van der Waals surface area (Å²) in [6.45, 7) is 0.194. The number of nitrogens with zero attached hydrogens (tertiary/aromatic N) is 2. The molecule has 2 N–H and O–H groups in total. The Morgan fingerprint density at radius 2 is 2.14 bits per heavy atom. The molecule has 6 nitrogen and oxygen atoms in total.